The van der Waals surface area contributed by atoms with Crippen molar-refractivity contribution >= 4 is 21.4 Å². The van der Waals surface area contributed by atoms with Crippen LogP contribution in [-0.2, 0) is 21.2 Å². The number of tetrazole rings is 1. The van der Waals surface area contributed by atoms with Crippen LogP contribution in [0.25, 0.3) is 5.69 Å². The van der Waals surface area contributed by atoms with Gasteiger partial charge in [0.05, 0.1) is 30.3 Å². The molecule has 1 fully saturated rings. The summed E-state index contributed by atoms with van der Waals surface area (Å²) in [6.07, 6.45) is 2.80. The number of methoxy groups -OCH3 is 1. The minimum atomic E-state index is -3.28. The van der Waals surface area contributed by atoms with E-state index in [1.807, 2.05) is 4.90 Å². The van der Waals surface area contributed by atoms with Gasteiger partial charge in [-0.1, -0.05) is 0 Å². The Bertz CT molecular complexity index is 1190. The van der Waals surface area contributed by atoms with Crippen LogP contribution in [0.2, 0.25) is 0 Å². The number of hydrogen-bond donors (Lipinski definition) is 1. The first-order chi connectivity index (χ1) is 15.3. The number of amides is 1. The van der Waals surface area contributed by atoms with E-state index in [1.165, 1.54) is 12.1 Å². The van der Waals surface area contributed by atoms with Crippen molar-refractivity contribution in [2.45, 2.75) is 30.3 Å². The van der Waals surface area contributed by atoms with E-state index in [0.717, 1.165) is 31.4 Å². The lowest BCUT2D eigenvalue weighted by Gasteiger charge is -2.23. The number of hydrogen-bond acceptors (Lipinski definition) is 8. The summed E-state index contributed by atoms with van der Waals surface area (Å²) < 4.78 is 30.1. The van der Waals surface area contributed by atoms with Gasteiger partial charge in [0, 0.05) is 11.9 Å². The minimum absolute atomic E-state index is 0.0794. The third-order valence-corrected chi connectivity index (χ3v) is 6.54. The molecule has 0 saturated carbocycles. The maximum atomic E-state index is 12.9. The summed E-state index contributed by atoms with van der Waals surface area (Å²) in [5.41, 5.74) is 1.36. The number of carbonyl (C=O) groups is 1. The number of anilines is 1. The molecule has 1 aromatic heterocycles. The van der Waals surface area contributed by atoms with Crippen molar-refractivity contribution in [2.75, 3.05) is 25.2 Å². The fourth-order valence-corrected chi connectivity index (χ4v) is 4.36. The third-order valence-electron chi connectivity index (χ3n) is 5.41. The Balaban J connectivity index is 1.47. The Kier molecular flexibility index (Phi) is 6.19. The zero-order valence-electron chi connectivity index (χ0n) is 17.8. The van der Waals surface area contributed by atoms with Gasteiger partial charge in [-0.05, 0) is 78.3 Å². The van der Waals surface area contributed by atoms with Crippen LogP contribution in [0.1, 0.15) is 18.7 Å². The fraction of sp³-hybridized carbons (Fsp3) is 0.333. The average molecular weight is 457 g/mol. The lowest BCUT2D eigenvalue weighted by molar-refractivity contribution is -0.120. The van der Waals surface area contributed by atoms with Gasteiger partial charge in [-0.25, -0.2) is 8.42 Å². The van der Waals surface area contributed by atoms with E-state index in [0.29, 0.717) is 23.7 Å². The predicted molar refractivity (Wildman–Crippen MR) is 117 cm³/mol. The molecule has 32 heavy (non-hydrogen) atoms. The molecule has 0 radical (unpaired) electrons. The van der Waals surface area contributed by atoms with Crippen LogP contribution in [0.4, 0.5) is 5.69 Å². The number of nitrogens with one attached hydrogen (secondary N) is 1. The third kappa shape index (κ3) is 4.78. The van der Waals surface area contributed by atoms with Crippen molar-refractivity contribution in [3.05, 3.63) is 54.4 Å². The highest BCUT2D eigenvalue weighted by molar-refractivity contribution is 7.90. The molecule has 1 unspecified atom stereocenters. The second kappa shape index (κ2) is 9.05. The molecular formula is C21H24N6O4S. The van der Waals surface area contributed by atoms with Crippen molar-refractivity contribution < 1.29 is 17.9 Å². The zero-order chi connectivity index (χ0) is 22.7. The Morgan fingerprint density at radius 3 is 2.53 bits per heavy atom. The number of aromatic nitrogens is 4. The van der Waals surface area contributed by atoms with E-state index in [1.54, 1.807) is 48.2 Å². The molecule has 1 amide bonds. The van der Waals surface area contributed by atoms with Gasteiger partial charge in [-0.15, -0.1) is 5.10 Å². The molecule has 1 N–H and O–H groups in total. The Morgan fingerprint density at radius 2 is 1.88 bits per heavy atom. The zero-order valence-corrected chi connectivity index (χ0v) is 18.6. The van der Waals surface area contributed by atoms with E-state index in [4.69, 9.17) is 4.74 Å². The summed E-state index contributed by atoms with van der Waals surface area (Å²) in [7, 11) is -1.69. The first kappa shape index (κ1) is 21.9. The quantitative estimate of drug-likeness (QED) is 0.570. The largest absolute Gasteiger partial charge is 0.497 e. The van der Waals surface area contributed by atoms with E-state index >= 15 is 0 Å². The number of rotatable bonds is 7. The molecule has 4 rings (SSSR count). The molecule has 1 atom stereocenters. The first-order valence-corrected chi connectivity index (χ1v) is 12.0. The summed E-state index contributed by atoms with van der Waals surface area (Å²) in [6, 6.07) is 13.3. The van der Waals surface area contributed by atoms with Crippen LogP contribution in [-0.4, -0.2) is 65.4 Å². The molecule has 1 aliphatic heterocycles. The number of sulfone groups is 1. The molecule has 2 heterocycles. The number of likely N-dealkylation sites (tertiary alicyclic amines) is 1. The van der Waals surface area contributed by atoms with Crippen LogP contribution in [0.5, 0.6) is 5.75 Å². The number of benzene rings is 2. The highest BCUT2D eigenvalue weighted by Gasteiger charge is 2.32. The number of nitrogens with zero attached hydrogens (tertiary/aromatic N) is 5. The minimum Gasteiger partial charge on any atom is -0.497 e. The van der Waals surface area contributed by atoms with Gasteiger partial charge in [0.1, 0.15) is 5.75 Å². The maximum Gasteiger partial charge on any atom is 0.241 e. The van der Waals surface area contributed by atoms with Gasteiger partial charge in [-0.3, -0.25) is 9.69 Å². The standard InChI is InChI=1S/C21H24N6O4S/c1-31-17-9-5-15(6-10-17)22-21(28)19-4-3-13-26(19)14-20-23-24-25-27(20)16-7-11-18(12-8-16)32(2,29)30/h5-12,19H,3-4,13-14H2,1-2H3,(H,22,28). The van der Waals surface area contributed by atoms with E-state index in [9.17, 15) is 13.2 Å². The second-order valence-electron chi connectivity index (χ2n) is 7.62. The molecule has 1 aliphatic rings. The molecule has 168 valence electrons. The van der Waals surface area contributed by atoms with Gasteiger partial charge in [0.15, 0.2) is 15.7 Å². The lowest BCUT2D eigenvalue weighted by atomic mass is 10.2. The van der Waals surface area contributed by atoms with Crippen LogP contribution in [0, 0.1) is 0 Å². The topological polar surface area (TPSA) is 119 Å². The molecule has 0 spiro atoms. The van der Waals surface area contributed by atoms with E-state index in [-0.39, 0.29) is 16.8 Å². The van der Waals surface area contributed by atoms with Gasteiger partial charge in [0.2, 0.25) is 5.91 Å². The predicted octanol–water partition coefficient (Wildman–Crippen LogP) is 1.68. The van der Waals surface area contributed by atoms with Crippen LogP contribution < -0.4 is 10.1 Å². The Labute approximate surface area is 186 Å². The van der Waals surface area contributed by atoms with Gasteiger partial charge in [0.25, 0.3) is 0 Å². The van der Waals surface area contributed by atoms with E-state index < -0.39 is 9.84 Å². The summed E-state index contributed by atoms with van der Waals surface area (Å²) in [5.74, 6) is 1.22. The van der Waals surface area contributed by atoms with Gasteiger partial charge in [-0.2, -0.15) is 4.68 Å². The monoisotopic (exact) mass is 456 g/mol. The Morgan fingerprint density at radius 1 is 1.16 bits per heavy atom. The number of carbonyl (C=O) groups excluding carboxylic acids is 1. The molecule has 0 bridgehead atoms. The fourth-order valence-electron chi connectivity index (χ4n) is 3.73. The van der Waals surface area contributed by atoms with Crippen LogP contribution in [0.3, 0.4) is 0 Å². The summed E-state index contributed by atoms with van der Waals surface area (Å²) in [6.45, 7) is 1.14. The highest BCUT2D eigenvalue weighted by atomic mass is 32.2. The SMILES string of the molecule is COc1ccc(NC(=O)C2CCCN2Cc2nnnn2-c2ccc(S(C)(=O)=O)cc2)cc1. The van der Waals surface area contributed by atoms with Crippen molar-refractivity contribution in [1.29, 1.82) is 0 Å². The first-order valence-electron chi connectivity index (χ1n) is 10.1. The van der Waals surface area contributed by atoms with E-state index in [2.05, 4.69) is 20.8 Å². The van der Waals surface area contributed by atoms with Gasteiger partial charge < -0.3 is 10.1 Å². The highest BCUT2D eigenvalue weighted by Crippen LogP contribution is 2.23. The normalized spacial score (nSPS) is 16.8. The number of ether oxygens (including phenoxy) is 1. The van der Waals surface area contributed by atoms with Gasteiger partial charge >= 0.3 is 0 Å². The van der Waals surface area contributed by atoms with Crippen LogP contribution in [0.15, 0.2) is 53.4 Å². The van der Waals surface area contributed by atoms with Crippen molar-refractivity contribution in [1.82, 2.24) is 25.1 Å². The van der Waals surface area contributed by atoms with Crippen molar-refractivity contribution in [3.8, 4) is 11.4 Å². The van der Waals surface area contributed by atoms with Crippen molar-refractivity contribution in [2.24, 2.45) is 0 Å². The Hall–Kier alpha value is -3.31. The van der Waals surface area contributed by atoms with Crippen LogP contribution >= 0.6 is 0 Å². The average Bonchev–Trinajstić information content (AvgIpc) is 3.44. The molecule has 2 aromatic carbocycles. The molecule has 0 aliphatic carbocycles. The summed E-state index contributed by atoms with van der Waals surface area (Å²) in [5, 5.41) is 14.9. The molecule has 11 heteroatoms. The summed E-state index contributed by atoms with van der Waals surface area (Å²) >= 11 is 0. The second-order valence-corrected chi connectivity index (χ2v) is 9.63. The molecule has 1 saturated heterocycles. The lowest BCUT2D eigenvalue weighted by Crippen LogP contribution is -2.39. The smallest absolute Gasteiger partial charge is 0.241 e. The summed E-state index contributed by atoms with van der Waals surface area (Å²) in [4.78, 5) is 15.2. The maximum absolute atomic E-state index is 12.9. The molecule has 3 aromatic rings. The molecular weight excluding hydrogens is 432 g/mol. The molecule has 10 nitrogen and oxygen atoms in total. The van der Waals surface area contributed by atoms with Crippen molar-refractivity contribution in [3.63, 3.8) is 0 Å².